The third-order valence-electron chi connectivity index (χ3n) is 7.64. The number of aliphatic hydroxyl groups is 1. The van der Waals surface area contributed by atoms with Gasteiger partial charge in [-0.1, -0.05) is 42.8 Å². The van der Waals surface area contributed by atoms with E-state index < -0.39 is 34.1 Å². The Balaban J connectivity index is 2.05. The molecule has 198 valence electrons. The molecule has 2 N–H and O–H groups in total. The van der Waals surface area contributed by atoms with E-state index in [9.17, 15) is 24.6 Å². The normalized spacial score (nSPS) is 32.1. The molecule has 3 aliphatic rings. The van der Waals surface area contributed by atoms with E-state index in [1.54, 1.807) is 11.0 Å². The van der Waals surface area contributed by atoms with Crippen LogP contribution in [0.2, 0.25) is 0 Å². The van der Waals surface area contributed by atoms with Crippen LogP contribution in [0.3, 0.4) is 0 Å². The number of carboxylic acid groups (broad SMARTS) is 1. The van der Waals surface area contributed by atoms with Gasteiger partial charge in [0.15, 0.2) is 0 Å². The molecule has 3 rings (SSSR count). The van der Waals surface area contributed by atoms with Crippen molar-refractivity contribution >= 4 is 45.5 Å². The highest BCUT2D eigenvalue weighted by atomic mass is 79.9. The monoisotopic (exact) mass is 572 g/mol. The lowest BCUT2D eigenvalue weighted by molar-refractivity contribution is -0.149. The van der Waals surface area contributed by atoms with E-state index in [2.05, 4.69) is 57.1 Å². The average molecular weight is 574 g/mol. The number of aliphatic hydroxyl groups excluding tert-OH is 1. The maximum absolute atomic E-state index is 14.5. The average Bonchev–Trinajstić information content (AvgIpc) is 3.31. The van der Waals surface area contributed by atoms with Gasteiger partial charge in [-0.25, -0.2) is 0 Å². The van der Waals surface area contributed by atoms with Crippen LogP contribution in [0.25, 0.3) is 0 Å². The molecule has 0 aromatic rings. The van der Waals surface area contributed by atoms with Crippen molar-refractivity contribution in [2.45, 2.75) is 93.1 Å². The van der Waals surface area contributed by atoms with Gasteiger partial charge in [0.1, 0.15) is 6.04 Å². The van der Waals surface area contributed by atoms with Crippen LogP contribution in [-0.2, 0) is 14.4 Å². The summed E-state index contributed by atoms with van der Waals surface area (Å²) >= 11 is 5.23. The summed E-state index contributed by atoms with van der Waals surface area (Å²) in [6, 6.07) is -0.715. The van der Waals surface area contributed by atoms with Crippen LogP contribution in [0.15, 0.2) is 12.7 Å². The van der Waals surface area contributed by atoms with Crippen molar-refractivity contribution in [1.82, 2.24) is 9.80 Å². The number of nitrogens with zero attached hydrogens (tertiary/aromatic N) is 2. The molecule has 3 heterocycles. The standard InChI is InChI=1S/C26H41BrN2O5S/c1-7-11-29(25(5,6)15-24(2,3)4)22(32)20-26-14-16(27)19(35-26)17(23(33)34)18(26)21(31)28(20)12-9-8-10-13-30/h7,16-20,30H,1,8-15H2,2-6H3,(H,33,34)/t16?,17-,18+,19-,20?,26?/m1/s1. The van der Waals surface area contributed by atoms with Crippen LogP contribution < -0.4 is 0 Å². The molecule has 3 unspecified atom stereocenters. The Bertz CT molecular complexity index is 859. The van der Waals surface area contributed by atoms with Crippen LogP contribution in [0.1, 0.15) is 66.7 Å². The number of amides is 2. The van der Waals surface area contributed by atoms with Gasteiger partial charge in [0, 0.05) is 35.3 Å². The Morgan fingerprint density at radius 2 is 1.91 bits per heavy atom. The third kappa shape index (κ3) is 5.19. The number of alkyl halides is 1. The molecule has 3 fully saturated rings. The molecule has 9 heteroatoms. The van der Waals surface area contributed by atoms with E-state index in [4.69, 9.17) is 0 Å². The Morgan fingerprint density at radius 3 is 2.46 bits per heavy atom. The van der Waals surface area contributed by atoms with Crippen LogP contribution in [-0.4, -0.2) is 83.9 Å². The van der Waals surface area contributed by atoms with Gasteiger partial charge in [-0.3, -0.25) is 14.4 Å². The summed E-state index contributed by atoms with van der Waals surface area (Å²) in [5.74, 6) is -2.79. The number of carboxylic acids is 1. The fourth-order valence-corrected chi connectivity index (χ4v) is 10.4. The van der Waals surface area contributed by atoms with Gasteiger partial charge in [-0.15, -0.1) is 18.3 Å². The van der Waals surface area contributed by atoms with E-state index in [1.165, 1.54) is 11.8 Å². The molecule has 1 spiro atoms. The Kier molecular flexibility index (Phi) is 8.44. The van der Waals surface area contributed by atoms with Crippen LogP contribution in [0.5, 0.6) is 0 Å². The second kappa shape index (κ2) is 10.4. The molecule has 2 bridgehead atoms. The van der Waals surface area contributed by atoms with Gasteiger partial charge < -0.3 is 20.0 Å². The number of unbranched alkanes of at least 4 members (excludes halogenated alkanes) is 2. The quantitative estimate of drug-likeness (QED) is 0.221. The highest BCUT2D eigenvalue weighted by Crippen LogP contribution is 2.68. The van der Waals surface area contributed by atoms with E-state index >= 15 is 0 Å². The molecule has 6 atom stereocenters. The lowest BCUT2D eigenvalue weighted by Gasteiger charge is -2.46. The van der Waals surface area contributed by atoms with E-state index in [1.807, 2.05) is 4.90 Å². The topological polar surface area (TPSA) is 98.2 Å². The number of thioether (sulfide) groups is 1. The minimum Gasteiger partial charge on any atom is -0.481 e. The van der Waals surface area contributed by atoms with Crippen LogP contribution in [0.4, 0.5) is 0 Å². The van der Waals surface area contributed by atoms with Crippen LogP contribution >= 0.6 is 27.7 Å². The predicted molar refractivity (Wildman–Crippen MR) is 143 cm³/mol. The van der Waals surface area contributed by atoms with E-state index in [0.29, 0.717) is 32.4 Å². The SMILES string of the molecule is C=CCN(C(=O)C1N(CCCCCO)C(=O)[C@@H]2[C@@H](C(=O)O)[C@@H]3SC12CC3Br)C(C)(C)CC(C)(C)C. The molecule has 0 saturated carbocycles. The number of carbonyl (C=O) groups excluding carboxylic acids is 2. The first-order chi connectivity index (χ1) is 16.2. The Labute approximate surface area is 222 Å². The van der Waals surface area contributed by atoms with Gasteiger partial charge in [-0.2, -0.15) is 0 Å². The fraction of sp³-hybridized carbons (Fsp3) is 0.808. The molecular formula is C26H41BrN2O5S. The number of fused-ring (bicyclic) bond motifs is 1. The van der Waals surface area contributed by atoms with Crippen molar-refractivity contribution in [3.63, 3.8) is 0 Å². The van der Waals surface area contributed by atoms with Gasteiger partial charge in [-0.05, 0) is 51.4 Å². The van der Waals surface area contributed by atoms with Crippen molar-refractivity contribution in [3.8, 4) is 0 Å². The van der Waals surface area contributed by atoms with Crippen molar-refractivity contribution in [1.29, 1.82) is 0 Å². The van der Waals surface area contributed by atoms with E-state index in [-0.39, 0.29) is 33.9 Å². The van der Waals surface area contributed by atoms with Gasteiger partial charge >= 0.3 is 5.97 Å². The van der Waals surface area contributed by atoms with Gasteiger partial charge in [0.25, 0.3) is 0 Å². The summed E-state index contributed by atoms with van der Waals surface area (Å²) in [5.41, 5.74) is -0.499. The number of carbonyl (C=O) groups is 3. The first-order valence-electron chi connectivity index (χ1n) is 12.6. The lowest BCUT2D eigenvalue weighted by atomic mass is 9.70. The van der Waals surface area contributed by atoms with Crippen molar-refractivity contribution < 1.29 is 24.6 Å². The Morgan fingerprint density at radius 1 is 1.26 bits per heavy atom. The van der Waals surface area contributed by atoms with Crippen molar-refractivity contribution in [2.75, 3.05) is 19.7 Å². The number of hydrogen-bond donors (Lipinski definition) is 2. The first kappa shape index (κ1) is 28.5. The zero-order chi connectivity index (χ0) is 26.3. The summed E-state index contributed by atoms with van der Waals surface area (Å²) in [6.07, 6.45) is 5.12. The molecule has 0 aliphatic carbocycles. The number of aliphatic carboxylic acids is 1. The minimum atomic E-state index is -0.962. The van der Waals surface area contributed by atoms with Gasteiger partial charge in [0.05, 0.1) is 16.6 Å². The highest BCUT2D eigenvalue weighted by molar-refractivity contribution is 9.09. The molecule has 0 aromatic carbocycles. The van der Waals surface area contributed by atoms with Crippen molar-refractivity contribution in [3.05, 3.63) is 12.7 Å². The number of likely N-dealkylation sites (tertiary alicyclic amines) is 1. The molecule has 0 aromatic heterocycles. The second-order valence-electron chi connectivity index (χ2n) is 12.1. The summed E-state index contributed by atoms with van der Waals surface area (Å²) in [7, 11) is 0. The summed E-state index contributed by atoms with van der Waals surface area (Å²) in [5, 5.41) is 19.0. The zero-order valence-corrected chi connectivity index (χ0v) is 24.0. The first-order valence-corrected chi connectivity index (χ1v) is 14.4. The maximum Gasteiger partial charge on any atom is 0.308 e. The summed E-state index contributed by atoms with van der Waals surface area (Å²) in [6.45, 7) is 15.3. The lowest BCUT2D eigenvalue weighted by Crippen LogP contribution is -2.60. The largest absolute Gasteiger partial charge is 0.481 e. The summed E-state index contributed by atoms with van der Waals surface area (Å²) in [4.78, 5) is 44.1. The van der Waals surface area contributed by atoms with Crippen LogP contribution in [0, 0.1) is 17.3 Å². The second-order valence-corrected chi connectivity index (χ2v) is 14.8. The van der Waals surface area contributed by atoms with Gasteiger partial charge in [0.2, 0.25) is 11.8 Å². The highest BCUT2D eigenvalue weighted by Gasteiger charge is 2.76. The number of hydrogen-bond acceptors (Lipinski definition) is 5. The molecule has 7 nitrogen and oxygen atoms in total. The Hall–Kier alpha value is -1.06. The fourth-order valence-electron chi connectivity index (χ4n) is 6.81. The smallest absolute Gasteiger partial charge is 0.308 e. The minimum absolute atomic E-state index is 0.0184. The molecule has 35 heavy (non-hydrogen) atoms. The molecule has 3 saturated heterocycles. The molecule has 2 amide bonds. The summed E-state index contributed by atoms with van der Waals surface area (Å²) < 4.78 is -0.760. The molecule has 3 aliphatic heterocycles. The molecular weight excluding hydrogens is 532 g/mol. The maximum atomic E-state index is 14.5. The number of halogens is 1. The predicted octanol–water partition coefficient (Wildman–Crippen LogP) is 3.93. The van der Waals surface area contributed by atoms with E-state index in [0.717, 1.165) is 12.8 Å². The zero-order valence-electron chi connectivity index (χ0n) is 21.6. The third-order valence-corrected chi connectivity index (χ3v) is 10.9. The number of rotatable bonds is 11. The molecule has 0 radical (unpaired) electrons. The van der Waals surface area contributed by atoms with Crippen molar-refractivity contribution in [2.24, 2.45) is 17.3 Å².